The van der Waals surface area contributed by atoms with E-state index in [1.54, 1.807) is 6.92 Å². The Morgan fingerprint density at radius 2 is 1.84 bits per heavy atom. The number of rotatable bonds is 7. The SMILES string of the molecule is Cc1cc(C)nc(NC(C)CCCC(C)C(=O)O)n1. The second-order valence-electron chi connectivity index (χ2n) is 5.19. The smallest absolute Gasteiger partial charge is 0.306 e. The van der Waals surface area contributed by atoms with Gasteiger partial charge in [-0.25, -0.2) is 9.97 Å². The molecule has 19 heavy (non-hydrogen) atoms. The molecule has 0 spiro atoms. The number of hydrogen-bond donors (Lipinski definition) is 2. The molecule has 106 valence electrons. The zero-order chi connectivity index (χ0) is 14.4. The molecule has 0 amide bonds. The minimum Gasteiger partial charge on any atom is -0.481 e. The summed E-state index contributed by atoms with van der Waals surface area (Å²) >= 11 is 0. The summed E-state index contributed by atoms with van der Waals surface area (Å²) in [5.74, 6) is -0.348. The number of nitrogens with zero attached hydrogens (tertiary/aromatic N) is 2. The molecule has 5 nitrogen and oxygen atoms in total. The van der Waals surface area contributed by atoms with Crippen LogP contribution in [0, 0.1) is 19.8 Å². The molecule has 2 N–H and O–H groups in total. The Labute approximate surface area is 114 Å². The zero-order valence-corrected chi connectivity index (χ0v) is 12.1. The average molecular weight is 265 g/mol. The van der Waals surface area contributed by atoms with E-state index in [0.29, 0.717) is 12.4 Å². The van der Waals surface area contributed by atoms with Gasteiger partial charge >= 0.3 is 5.97 Å². The van der Waals surface area contributed by atoms with Gasteiger partial charge in [0.25, 0.3) is 0 Å². The highest BCUT2D eigenvalue weighted by Gasteiger charge is 2.11. The first-order valence-electron chi connectivity index (χ1n) is 6.70. The topological polar surface area (TPSA) is 75.1 Å². The summed E-state index contributed by atoms with van der Waals surface area (Å²) in [7, 11) is 0. The fourth-order valence-corrected chi connectivity index (χ4v) is 1.94. The lowest BCUT2D eigenvalue weighted by atomic mass is 10.0. The predicted molar refractivity (Wildman–Crippen MR) is 75.2 cm³/mol. The summed E-state index contributed by atoms with van der Waals surface area (Å²) < 4.78 is 0. The summed E-state index contributed by atoms with van der Waals surface area (Å²) in [6, 6.07) is 2.17. The first-order chi connectivity index (χ1) is 8.88. The third-order valence-electron chi connectivity index (χ3n) is 3.05. The van der Waals surface area contributed by atoms with Gasteiger partial charge in [0.1, 0.15) is 0 Å². The second-order valence-corrected chi connectivity index (χ2v) is 5.19. The molecule has 2 unspecified atom stereocenters. The number of anilines is 1. The average Bonchev–Trinajstić information content (AvgIpc) is 2.26. The molecule has 0 bridgehead atoms. The molecule has 0 saturated carbocycles. The predicted octanol–water partition coefficient (Wildman–Crippen LogP) is 2.78. The third kappa shape index (κ3) is 5.68. The molecule has 1 rings (SSSR count). The van der Waals surface area contributed by atoms with E-state index >= 15 is 0 Å². The van der Waals surface area contributed by atoms with E-state index in [1.807, 2.05) is 19.9 Å². The fourth-order valence-electron chi connectivity index (χ4n) is 1.94. The first kappa shape index (κ1) is 15.4. The first-order valence-corrected chi connectivity index (χ1v) is 6.70. The van der Waals surface area contributed by atoms with Crippen molar-refractivity contribution in [3.63, 3.8) is 0 Å². The maximum atomic E-state index is 10.7. The molecular weight excluding hydrogens is 242 g/mol. The van der Waals surface area contributed by atoms with Crippen LogP contribution in [0.3, 0.4) is 0 Å². The van der Waals surface area contributed by atoms with E-state index in [2.05, 4.69) is 22.2 Å². The highest BCUT2D eigenvalue weighted by Crippen LogP contribution is 2.12. The van der Waals surface area contributed by atoms with Crippen molar-refractivity contribution in [2.75, 3.05) is 5.32 Å². The van der Waals surface area contributed by atoms with Crippen LogP contribution in [0.5, 0.6) is 0 Å². The lowest BCUT2D eigenvalue weighted by Gasteiger charge is -2.15. The second kappa shape index (κ2) is 7.07. The highest BCUT2D eigenvalue weighted by atomic mass is 16.4. The van der Waals surface area contributed by atoms with Crippen molar-refractivity contribution < 1.29 is 9.90 Å². The van der Waals surface area contributed by atoms with Crippen molar-refractivity contribution in [1.82, 2.24) is 9.97 Å². The summed E-state index contributed by atoms with van der Waals surface area (Å²) in [6.45, 7) is 7.69. The number of carbonyl (C=O) groups is 1. The van der Waals surface area contributed by atoms with E-state index < -0.39 is 5.97 Å². The minimum atomic E-state index is -0.724. The number of aromatic nitrogens is 2. The summed E-state index contributed by atoms with van der Waals surface area (Å²) in [5.41, 5.74) is 1.89. The van der Waals surface area contributed by atoms with E-state index in [0.717, 1.165) is 24.2 Å². The van der Waals surface area contributed by atoms with Gasteiger partial charge < -0.3 is 10.4 Å². The molecule has 1 aromatic heterocycles. The van der Waals surface area contributed by atoms with Crippen LogP contribution in [0.15, 0.2) is 6.07 Å². The Balaban J connectivity index is 2.38. The van der Waals surface area contributed by atoms with Gasteiger partial charge in [0.2, 0.25) is 5.95 Å². The van der Waals surface area contributed by atoms with Crippen LogP contribution < -0.4 is 5.32 Å². The Hall–Kier alpha value is -1.65. The number of hydrogen-bond acceptors (Lipinski definition) is 4. The molecule has 0 fully saturated rings. The summed E-state index contributed by atoms with van der Waals surface area (Å²) in [4.78, 5) is 19.4. The van der Waals surface area contributed by atoms with Gasteiger partial charge in [0.05, 0.1) is 5.92 Å². The normalized spacial score (nSPS) is 13.9. The fraction of sp³-hybridized carbons (Fsp3) is 0.643. The number of nitrogens with one attached hydrogen (secondary N) is 1. The lowest BCUT2D eigenvalue weighted by Crippen LogP contribution is -2.18. The molecule has 0 saturated heterocycles. The molecule has 1 heterocycles. The number of aliphatic carboxylic acids is 1. The van der Waals surface area contributed by atoms with Crippen molar-refractivity contribution in [3.8, 4) is 0 Å². The number of carboxylic acids is 1. The van der Waals surface area contributed by atoms with Crippen LogP contribution in [0.25, 0.3) is 0 Å². The van der Waals surface area contributed by atoms with Crippen molar-refractivity contribution in [2.45, 2.75) is 53.0 Å². The van der Waals surface area contributed by atoms with Crippen molar-refractivity contribution in [3.05, 3.63) is 17.5 Å². The third-order valence-corrected chi connectivity index (χ3v) is 3.05. The lowest BCUT2D eigenvalue weighted by molar-refractivity contribution is -0.141. The Morgan fingerprint density at radius 1 is 1.26 bits per heavy atom. The van der Waals surface area contributed by atoms with Gasteiger partial charge in [0, 0.05) is 17.4 Å². The number of aryl methyl sites for hydroxylation is 2. The van der Waals surface area contributed by atoms with Gasteiger partial charge in [-0.3, -0.25) is 4.79 Å². The molecule has 1 aromatic rings. The van der Waals surface area contributed by atoms with E-state index in [1.165, 1.54) is 0 Å². The van der Waals surface area contributed by atoms with E-state index in [4.69, 9.17) is 5.11 Å². The standard InChI is InChI=1S/C14H23N3O2/c1-9(13(18)19)6-5-7-10(2)15-14-16-11(3)8-12(4)17-14/h8-10H,5-7H2,1-4H3,(H,18,19)(H,15,16,17). The van der Waals surface area contributed by atoms with Crippen LogP contribution in [-0.2, 0) is 4.79 Å². The minimum absolute atomic E-state index is 0.238. The number of carboxylic acid groups (broad SMARTS) is 1. The molecule has 0 radical (unpaired) electrons. The van der Waals surface area contributed by atoms with Gasteiger partial charge in [-0.1, -0.05) is 13.3 Å². The van der Waals surface area contributed by atoms with Gasteiger partial charge in [-0.2, -0.15) is 0 Å². The van der Waals surface area contributed by atoms with Crippen LogP contribution >= 0.6 is 0 Å². The van der Waals surface area contributed by atoms with Crippen molar-refractivity contribution >= 4 is 11.9 Å². The molecule has 2 atom stereocenters. The maximum absolute atomic E-state index is 10.7. The van der Waals surface area contributed by atoms with Crippen LogP contribution in [0.4, 0.5) is 5.95 Å². The van der Waals surface area contributed by atoms with E-state index in [-0.39, 0.29) is 12.0 Å². The zero-order valence-electron chi connectivity index (χ0n) is 12.1. The largest absolute Gasteiger partial charge is 0.481 e. The van der Waals surface area contributed by atoms with Crippen LogP contribution in [0.1, 0.15) is 44.5 Å². The van der Waals surface area contributed by atoms with Crippen molar-refractivity contribution in [2.24, 2.45) is 5.92 Å². The summed E-state index contributed by atoms with van der Waals surface area (Å²) in [5, 5.41) is 12.1. The van der Waals surface area contributed by atoms with Gasteiger partial charge in [-0.05, 0) is 39.7 Å². The van der Waals surface area contributed by atoms with Crippen molar-refractivity contribution in [1.29, 1.82) is 0 Å². The summed E-state index contributed by atoms with van der Waals surface area (Å²) in [6.07, 6.45) is 2.50. The Bertz CT molecular complexity index is 414. The molecular formula is C14H23N3O2. The Kier molecular flexibility index (Phi) is 5.73. The molecule has 0 aromatic carbocycles. The Morgan fingerprint density at radius 3 is 2.37 bits per heavy atom. The quantitative estimate of drug-likeness (QED) is 0.793. The van der Waals surface area contributed by atoms with Gasteiger partial charge in [0.15, 0.2) is 0 Å². The monoisotopic (exact) mass is 265 g/mol. The highest BCUT2D eigenvalue weighted by molar-refractivity contribution is 5.69. The molecule has 0 aliphatic rings. The van der Waals surface area contributed by atoms with Crippen LogP contribution in [-0.4, -0.2) is 27.1 Å². The maximum Gasteiger partial charge on any atom is 0.306 e. The molecule has 0 aliphatic heterocycles. The van der Waals surface area contributed by atoms with Gasteiger partial charge in [-0.15, -0.1) is 0 Å². The molecule has 0 aliphatic carbocycles. The van der Waals surface area contributed by atoms with Crippen LogP contribution in [0.2, 0.25) is 0 Å². The van der Waals surface area contributed by atoms with E-state index in [9.17, 15) is 4.79 Å². The molecule has 5 heteroatoms.